The molecule has 1 rings (SSSR count). The van der Waals surface area contributed by atoms with Crippen LogP contribution in [0, 0.1) is 0 Å². The molecule has 0 spiro atoms. The summed E-state index contributed by atoms with van der Waals surface area (Å²) in [6.45, 7) is 2.21. The molecule has 0 aromatic heterocycles. The molecule has 0 radical (unpaired) electrons. The summed E-state index contributed by atoms with van der Waals surface area (Å²) in [7, 11) is 0. The normalized spacial score (nSPS) is 12.8. The molecular weight excluding hydrogens is 270 g/mol. The van der Waals surface area contributed by atoms with Crippen LogP contribution in [0.1, 0.15) is 88.4 Å². The number of unbranched alkanes of at least 4 members (excludes halogenated alkanes) is 7. The highest BCUT2D eigenvalue weighted by Gasteiger charge is 2.11. The minimum atomic E-state index is -2.47. The Morgan fingerprint density at radius 2 is 1.48 bits per heavy atom. The third kappa shape index (κ3) is 7.56. The number of halogens is 2. The monoisotopic (exact) mass is 298 g/mol. The van der Waals surface area contributed by atoms with Crippen LogP contribution in [0.2, 0.25) is 0 Å². The SMILES string of the molecule is CCCCCCCCCCC(O)c1cccc(C(F)F)c1. The lowest BCUT2D eigenvalue weighted by atomic mass is 10.00. The van der Waals surface area contributed by atoms with Gasteiger partial charge in [-0.15, -0.1) is 0 Å². The van der Waals surface area contributed by atoms with Crippen molar-refractivity contribution in [3.8, 4) is 0 Å². The van der Waals surface area contributed by atoms with Gasteiger partial charge in [0.2, 0.25) is 0 Å². The fourth-order valence-corrected chi connectivity index (χ4v) is 2.54. The fourth-order valence-electron chi connectivity index (χ4n) is 2.54. The Balaban J connectivity index is 2.19. The number of benzene rings is 1. The van der Waals surface area contributed by atoms with E-state index in [0.717, 1.165) is 12.8 Å². The fraction of sp³-hybridized carbons (Fsp3) is 0.667. The molecule has 1 unspecified atom stereocenters. The summed E-state index contributed by atoms with van der Waals surface area (Å²) >= 11 is 0. The van der Waals surface area contributed by atoms with Gasteiger partial charge in [0.05, 0.1) is 6.10 Å². The van der Waals surface area contributed by atoms with Crippen LogP contribution < -0.4 is 0 Å². The van der Waals surface area contributed by atoms with E-state index in [2.05, 4.69) is 6.92 Å². The van der Waals surface area contributed by atoms with E-state index in [4.69, 9.17) is 0 Å². The molecule has 1 aromatic carbocycles. The molecule has 1 atom stereocenters. The molecule has 0 aliphatic heterocycles. The molecule has 3 heteroatoms. The van der Waals surface area contributed by atoms with E-state index in [1.807, 2.05) is 0 Å². The van der Waals surface area contributed by atoms with Gasteiger partial charge in [0, 0.05) is 5.56 Å². The minimum absolute atomic E-state index is 0.0116. The second kappa shape index (κ2) is 10.7. The van der Waals surface area contributed by atoms with Crippen molar-refractivity contribution in [2.24, 2.45) is 0 Å². The van der Waals surface area contributed by atoms with Crippen molar-refractivity contribution in [1.82, 2.24) is 0 Å². The van der Waals surface area contributed by atoms with Gasteiger partial charge in [-0.05, 0) is 18.1 Å². The van der Waals surface area contributed by atoms with Crippen LogP contribution >= 0.6 is 0 Å². The summed E-state index contributed by atoms with van der Waals surface area (Å²) in [5, 5.41) is 10.1. The average Bonchev–Trinajstić information content (AvgIpc) is 2.49. The molecule has 1 N–H and O–H groups in total. The molecule has 0 saturated carbocycles. The van der Waals surface area contributed by atoms with Gasteiger partial charge in [-0.1, -0.05) is 76.5 Å². The highest BCUT2D eigenvalue weighted by atomic mass is 19.3. The number of alkyl halides is 2. The Hall–Kier alpha value is -0.960. The molecule has 21 heavy (non-hydrogen) atoms. The number of aliphatic hydroxyl groups is 1. The molecule has 0 heterocycles. The summed E-state index contributed by atoms with van der Waals surface area (Å²) in [5.74, 6) is 0. The summed E-state index contributed by atoms with van der Waals surface area (Å²) in [4.78, 5) is 0. The molecule has 0 aliphatic carbocycles. The van der Waals surface area contributed by atoms with Crippen molar-refractivity contribution in [2.75, 3.05) is 0 Å². The van der Waals surface area contributed by atoms with Gasteiger partial charge in [0.15, 0.2) is 0 Å². The minimum Gasteiger partial charge on any atom is -0.388 e. The van der Waals surface area contributed by atoms with E-state index in [1.54, 1.807) is 12.1 Å². The molecular formula is C18H28F2O. The number of rotatable bonds is 11. The van der Waals surface area contributed by atoms with E-state index < -0.39 is 12.5 Å². The second-order valence-corrected chi connectivity index (χ2v) is 5.75. The third-order valence-electron chi connectivity index (χ3n) is 3.88. The molecule has 1 aromatic rings. The molecule has 0 saturated heterocycles. The van der Waals surface area contributed by atoms with Crippen LogP contribution in [0.5, 0.6) is 0 Å². The number of hydrogen-bond donors (Lipinski definition) is 1. The predicted molar refractivity (Wildman–Crippen MR) is 83.6 cm³/mol. The van der Waals surface area contributed by atoms with Crippen LogP contribution in [0.4, 0.5) is 8.78 Å². The highest BCUT2D eigenvalue weighted by molar-refractivity contribution is 5.25. The average molecular weight is 298 g/mol. The molecule has 1 nitrogen and oxygen atoms in total. The van der Waals surface area contributed by atoms with E-state index in [-0.39, 0.29) is 5.56 Å². The topological polar surface area (TPSA) is 20.2 Å². The predicted octanol–water partition coefficient (Wildman–Crippen LogP) is 6.19. The maximum atomic E-state index is 12.6. The lowest BCUT2D eigenvalue weighted by Gasteiger charge is -2.12. The smallest absolute Gasteiger partial charge is 0.263 e. The van der Waals surface area contributed by atoms with Crippen LogP contribution in [0.25, 0.3) is 0 Å². The van der Waals surface area contributed by atoms with Crippen molar-refractivity contribution in [3.63, 3.8) is 0 Å². The van der Waals surface area contributed by atoms with Crippen molar-refractivity contribution in [2.45, 2.75) is 77.2 Å². The lowest BCUT2D eigenvalue weighted by molar-refractivity contribution is 0.148. The number of hydrogen-bond acceptors (Lipinski definition) is 1. The van der Waals surface area contributed by atoms with Crippen molar-refractivity contribution < 1.29 is 13.9 Å². The van der Waals surface area contributed by atoms with Crippen LogP contribution in [-0.2, 0) is 0 Å². The Morgan fingerprint density at radius 1 is 0.905 bits per heavy atom. The van der Waals surface area contributed by atoms with Gasteiger partial charge < -0.3 is 5.11 Å². The zero-order chi connectivity index (χ0) is 15.5. The first kappa shape index (κ1) is 18.1. The van der Waals surface area contributed by atoms with Gasteiger partial charge in [0.1, 0.15) is 0 Å². The quantitative estimate of drug-likeness (QED) is 0.483. The Bertz CT molecular complexity index is 379. The van der Waals surface area contributed by atoms with Gasteiger partial charge >= 0.3 is 0 Å². The van der Waals surface area contributed by atoms with Crippen LogP contribution in [0.3, 0.4) is 0 Å². The number of aliphatic hydroxyl groups excluding tert-OH is 1. The maximum Gasteiger partial charge on any atom is 0.263 e. The summed E-state index contributed by atoms with van der Waals surface area (Å²) < 4.78 is 25.2. The first-order valence-electron chi connectivity index (χ1n) is 8.21. The van der Waals surface area contributed by atoms with Gasteiger partial charge in [-0.2, -0.15) is 0 Å². The molecule has 0 bridgehead atoms. The molecule has 120 valence electrons. The zero-order valence-corrected chi connectivity index (χ0v) is 13.0. The Kier molecular flexibility index (Phi) is 9.24. The molecule has 0 amide bonds. The standard InChI is InChI=1S/C18H28F2O/c1-2-3-4-5-6-7-8-9-13-17(21)15-11-10-12-16(14-15)18(19)20/h10-12,14,17-18,21H,2-9,13H2,1H3. The van der Waals surface area contributed by atoms with Crippen molar-refractivity contribution >= 4 is 0 Å². The van der Waals surface area contributed by atoms with Crippen LogP contribution in [-0.4, -0.2) is 5.11 Å². The molecule has 0 fully saturated rings. The maximum absolute atomic E-state index is 12.6. The Labute approximate surface area is 127 Å². The largest absolute Gasteiger partial charge is 0.388 e. The van der Waals surface area contributed by atoms with Gasteiger partial charge in [-0.3, -0.25) is 0 Å². The third-order valence-corrected chi connectivity index (χ3v) is 3.88. The Morgan fingerprint density at radius 3 is 2.10 bits per heavy atom. The molecule has 0 aliphatic rings. The van der Waals surface area contributed by atoms with Gasteiger partial charge in [0.25, 0.3) is 6.43 Å². The summed E-state index contributed by atoms with van der Waals surface area (Å²) in [6.07, 6.45) is 7.29. The first-order chi connectivity index (χ1) is 10.1. The van der Waals surface area contributed by atoms with E-state index in [0.29, 0.717) is 12.0 Å². The summed E-state index contributed by atoms with van der Waals surface area (Å²) in [5.41, 5.74) is 0.596. The van der Waals surface area contributed by atoms with E-state index >= 15 is 0 Å². The first-order valence-corrected chi connectivity index (χ1v) is 8.21. The lowest BCUT2D eigenvalue weighted by Crippen LogP contribution is -1.99. The second-order valence-electron chi connectivity index (χ2n) is 5.75. The van der Waals surface area contributed by atoms with E-state index in [1.165, 1.54) is 50.7 Å². The van der Waals surface area contributed by atoms with Gasteiger partial charge in [-0.25, -0.2) is 8.78 Å². The summed E-state index contributed by atoms with van der Waals surface area (Å²) in [6, 6.07) is 6.13. The van der Waals surface area contributed by atoms with Crippen molar-refractivity contribution in [3.05, 3.63) is 35.4 Å². The van der Waals surface area contributed by atoms with Crippen LogP contribution in [0.15, 0.2) is 24.3 Å². The zero-order valence-electron chi connectivity index (χ0n) is 13.0. The van der Waals surface area contributed by atoms with Crippen molar-refractivity contribution in [1.29, 1.82) is 0 Å². The van der Waals surface area contributed by atoms with E-state index in [9.17, 15) is 13.9 Å². The highest BCUT2D eigenvalue weighted by Crippen LogP contribution is 2.25.